The van der Waals surface area contributed by atoms with Gasteiger partial charge < -0.3 is 22.3 Å². The van der Waals surface area contributed by atoms with Gasteiger partial charge in [-0.2, -0.15) is 9.97 Å². The van der Waals surface area contributed by atoms with Crippen LogP contribution in [0, 0.1) is 6.92 Å². The molecule has 1 aliphatic carbocycles. The number of H-pyrrole nitrogens is 1. The summed E-state index contributed by atoms with van der Waals surface area (Å²) in [6, 6.07) is 4.08. The van der Waals surface area contributed by atoms with Crippen molar-refractivity contribution in [1.29, 1.82) is 0 Å². The lowest BCUT2D eigenvalue weighted by molar-refractivity contribution is -0.546. The molecule has 3 rings (SSSR count). The number of nitrogens with one attached hydrogen (secondary N) is 1. The molecular formula is C13H17ClN6. The Hall–Kier alpha value is -1.92. The van der Waals surface area contributed by atoms with Gasteiger partial charge >= 0.3 is 5.95 Å². The SMILES string of the molecule is C[NH2+]c1nc2c(C)ccc3[nH]c(N(C)C)nc3c-2n1.[Cl-]. The van der Waals surface area contributed by atoms with Crippen molar-refractivity contribution in [3.63, 3.8) is 0 Å². The van der Waals surface area contributed by atoms with Crippen LogP contribution in [-0.2, 0) is 0 Å². The maximum Gasteiger partial charge on any atom is 0.326 e. The second-order valence-electron chi connectivity index (χ2n) is 4.80. The molecule has 0 radical (unpaired) electrons. The number of aryl methyl sites for hydroxylation is 1. The van der Waals surface area contributed by atoms with Crippen molar-refractivity contribution in [2.75, 3.05) is 26.0 Å². The Morgan fingerprint density at radius 2 is 1.80 bits per heavy atom. The number of aromatic nitrogens is 4. The van der Waals surface area contributed by atoms with E-state index in [0.29, 0.717) is 0 Å². The van der Waals surface area contributed by atoms with Crippen LogP contribution < -0.4 is 22.6 Å². The van der Waals surface area contributed by atoms with Crippen LogP contribution in [0.3, 0.4) is 0 Å². The van der Waals surface area contributed by atoms with Crippen molar-refractivity contribution in [2.24, 2.45) is 0 Å². The number of rotatable bonds is 2. The van der Waals surface area contributed by atoms with Crippen LogP contribution in [0.2, 0.25) is 0 Å². The minimum absolute atomic E-state index is 0. The Kier molecular flexibility index (Phi) is 3.78. The van der Waals surface area contributed by atoms with Crippen molar-refractivity contribution in [1.82, 2.24) is 19.9 Å². The van der Waals surface area contributed by atoms with Gasteiger partial charge in [0.2, 0.25) is 5.95 Å². The minimum Gasteiger partial charge on any atom is -1.00 e. The summed E-state index contributed by atoms with van der Waals surface area (Å²) in [6.45, 7) is 2.04. The second-order valence-corrected chi connectivity index (χ2v) is 4.80. The number of aromatic amines is 1. The Morgan fingerprint density at radius 3 is 2.45 bits per heavy atom. The summed E-state index contributed by atoms with van der Waals surface area (Å²) >= 11 is 0. The van der Waals surface area contributed by atoms with E-state index in [1.165, 1.54) is 0 Å². The molecule has 0 unspecified atom stereocenters. The predicted octanol–water partition coefficient (Wildman–Crippen LogP) is -2.34. The molecule has 0 saturated heterocycles. The number of nitrogens with two attached hydrogens (primary N) is 1. The van der Waals surface area contributed by atoms with Crippen molar-refractivity contribution in [2.45, 2.75) is 6.92 Å². The van der Waals surface area contributed by atoms with E-state index in [9.17, 15) is 0 Å². The largest absolute Gasteiger partial charge is 1.00 e. The molecule has 20 heavy (non-hydrogen) atoms. The van der Waals surface area contributed by atoms with Crippen molar-refractivity contribution in [3.8, 4) is 11.4 Å². The molecular weight excluding hydrogens is 276 g/mol. The summed E-state index contributed by atoms with van der Waals surface area (Å²) in [5.74, 6) is 1.57. The second kappa shape index (κ2) is 5.22. The van der Waals surface area contributed by atoms with Crippen LogP contribution in [0.15, 0.2) is 12.1 Å². The summed E-state index contributed by atoms with van der Waals surface area (Å²) < 4.78 is 0. The van der Waals surface area contributed by atoms with Crippen LogP contribution >= 0.6 is 0 Å². The smallest absolute Gasteiger partial charge is 0.326 e. The van der Waals surface area contributed by atoms with Crippen LogP contribution in [0.4, 0.5) is 11.9 Å². The van der Waals surface area contributed by atoms with Gasteiger partial charge in [0.25, 0.3) is 0 Å². The molecule has 0 spiro atoms. The number of hydrogen-bond acceptors (Lipinski definition) is 4. The van der Waals surface area contributed by atoms with Gasteiger partial charge in [0.1, 0.15) is 16.9 Å². The van der Waals surface area contributed by atoms with Crippen LogP contribution in [0.5, 0.6) is 0 Å². The van der Waals surface area contributed by atoms with Crippen molar-refractivity contribution < 1.29 is 17.7 Å². The monoisotopic (exact) mass is 292 g/mol. The Bertz CT molecular complexity index is 720. The molecule has 2 heterocycles. The molecule has 0 atom stereocenters. The third kappa shape index (κ3) is 2.17. The number of fused-ring (bicyclic) bond motifs is 3. The first-order chi connectivity index (χ1) is 9.10. The van der Waals surface area contributed by atoms with Crippen LogP contribution in [-0.4, -0.2) is 41.1 Å². The van der Waals surface area contributed by atoms with E-state index in [4.69, 9.17) is 0 Å². The molecule has 0 aromatic carbocycles. The van der Waals surface area contributed by atoms with Gasteiger partial charge in [-0.05, 0) is 18.6 Å². The van der Waals surface area contributed by atoms with Gasteiger partial charge in [-0.15, -0.1) is 0 Å². The Labute approximate surface area is 123 Å². The van der Waals surface area contributed by atoms with Crippen LogP contribution in [0.25, 0.3) is 22.4 Å². The first-order valence-corrected chi connectivity index (χ1v) is 6.24. The molecule has 6 nitrogen and oxygen atoms in total. The highest BCUT2D eigenvalue weighted by Crippen LogP contribution is 2.30. The third-order valence-electron chi connectivity index (χ3n) is 3.18. The van der Waals surface area contributed by atoms with Gasteiger partial charge in [0, 0.05) is 14.1 Å². The molecule has 106 valence electrons. The molecule has 1 aromatic rings. The highest BCUT2D eigenvalue weighted by Gasteiger charge is 2.19. The summed E-state index contributed by atoms with van der Waals surface area (Å²) in [6.07, 6.45) is 0. The third-order valence-corrected chi connectivity index (χ3v) is 3.18. The molecule has 1 aliphatic heterocycles. The summed E-state index contributed by atoms with van der Waals surface area (Å²) in [5.41, 5.74) is 4.72. The van der Waals surface area contributed by atoms with E-state index in [1.807, 2.05) is 44.3 Å². The first kappa shape index (κ1) is 14.5. The van der Waals surface area contributed by atoms with Gasteiger partial charge in [-0.25, -0.2) is 4.98 Å². The quantitative estimate of drug-likeness (QED) is 0.555. The molecule has 0 amide bonds. The van der Waals surface area contributed by atoms with E-state index in [0.717, 1.165) is 39.9 Å². The van der Waals surface area contributed by atoms with E-state index in [1.54, 1.807) is 0 Å². The zero-order chi connectivity index (χ0) is 13.6. The molecule has 0 saturated carbocycles. The zero-order valence-electron chi connectivity index (χ0n) is 11.9. The standard InChI is InChI=1S/C13H16N6.ClH/c1-7-5-6-8-10(18-13(15-8)19(3)4)11-9(7)16-12(14-2)17-11;/h5-6H,1-4H3,(H,15,18)(H,14,16,17);1H. The van der Waals surface area contributed by atoms with E-state index >= 15 is 0 Å². The summed E-state index contributed by atoms with van der Waals surface area (Å²) in [5, 5.41) is 1.91. The fraction of sp³-hybridized carbons (Fsp3) is 0.308. The Morgan fingerprint density at radius 1 is 1.10 bits per heavy atom. The number of nitrogens with zero attached hydrogens (tertiary/aromatic N) is 4. The maximum atomic E-state index is 4.62. The van der Waals surface area contributed by atoms with Crippen molar-refractivity contribution in [3.05, 3.63) is 17.7 Å². The van der Waals surface area contributed by atoms with Crippen molar-refractivity contribution >= 4 is 22.9 Å². The molecule has 2 aliphatic rings. The number of quaternary nitrogens is 1. The number of imidazole rings is 2. The van der Waals surface area contributed by atoms with Crippen LogP contribution in [0.1, 0.15) is 5.56 Å². The topological polar surface area (TPSA) is 74.3 Å². The van der Waals surface area contributed by atoms with Gasteiger partial charge in [0.15, 0.2) is 0 Å². The van der Waals surface area contributed by atoms with Gasteiger partial charge in [-0.1, -0.05) is 6.07 Å². The summed E-state index contributed by atoms with van der Waals surface area (Å²) in [7, 11) is 5.86. The maximum absolute atomic E-state index is 4.62. The van der Waals surface area contributed by atoms with E-state index in [2.05, 4.69) is 26.0 Å². The lowest BCUT2D eigenvalue weighted by Crippen LogP contribution is -3.00. The highest BCUT2D eigenvalue weighted by atomic mass is 35.5. The molecule has 3 N–H and O–H groups in total. The zero-order valence-corrected chi connectivity index (χ0v) is 12.7. The van der Waals surface area contributed by atoms with Gasteiger partial charge in [-0.3, -0.25) is 5.32 Å². The fourth-order valence-corrected chi connectivity index (χ4v) is 2.10. The minimum atomic E-state index is 0. The lowest BCUT2D eigenvalue weighted by Gasteiger charge is -2.05. The number of anilines is 1. The van der Waals surface area contributed by atoms with E-state index < -0.39 is 0 Å². The molecule has 1 aromatic heterocycles. The Balaban J connectivity index is 0.00000147. The average molecular weight is 293 g/mol. The lowest BCUT2D eigenvalue weighted by atomic mass is 10.2. The average Bonchev–Trinajstić information content (AvgIpc) is 2.97. The normalized spacial score (nSPS) is 10.8. The van der Waals surface area contributed by atoms with Gasteiger partial charge in [0.05, 0.1) is 12.6 Å². The number of halogens is 1. The summed E-state index contributed by atoms with van der Waals surface area (Å²) in [4.78, 5) is 19.0. The molecule has 0 fully saturated rings. The molecule has 0 bridgehead atoms. The highest BCUT2D eigenvalue weighted by molar-refractivity contribution is 5.91. The molecule has 7 heteroatoms. The number of hydrogen-bond donors (Lipinski definition) is 2. The fourth-order valence-electron chi connectivity index (χ4n) is 2.10. The van der Waals surface area contributed by atoms with E-state index in [-0.39, 0.29) is 12.4 Å². The predicted molar refractivity (Wildman–Crippen MR) is 74.9 cm³/mol. The first-order valence-electron chi connectivity index (χ1n) is 6.24.